The van der Waals surface area contributed by atoms with Gasteiger partial charge < -0.3 is 4.89 Å². The van der Waals surface area contributed by atoms with E-state index in [2.05, 4.69) is 0 Å². The molecule has 4 nitrogen and oxygen atoms in total. The maximum atomic E-state index is 11.7. The Labute approximate surface area is 117 Å². The van der Waals surface area contributed by atoms with Crippen molar-refractivity contribution in [3.63, 3.8) is 0 Å². The van der Waals surface area contributed by atoms with Crippen LogP contribution in [0.5, 0.6) is 0 Å². The molecule has 1 N–H and O–H groups in total. The second kappa shape index (κ2) is 6.95. The summed E-state index contributed by atoms with van der Waals surface area (Å²) in [6, 6.07) is 0. The van der Waals surface area contributed by atoms with Crippen LogP contribution >= 0.6 is 42.6 Å². The third-order valence-corrected chi connectivity index (χ3v) is 4.53. The molecule has 8 heteroatoms. The second-order valence-corrected chi connectivity index (χ2v) is 7.25. The highest BCUT2D eigenvalue weighted by molar-refractivity contribution is 7.47. The number of halogens is 3. The first kappa shape index (κ1) is 18.0. The number of rotatable bonds is 7. The molecule has 0 fully saturated rings. The van der Waals surface area contributed by atoms with E-state index in [1.54, 1.807) is 13.8 Å². The maximum Gasteiger partial charge on any atom is 0.472 e. The molecule has 0 aromatic rings. The van der Waals surface area contributed by atoms with Crippen molar-refractivity contribution in [3.8, 4) is 0 Å². The van der Waals surface area contributed by atoms with Crippen molar-refractivity contribution >= 4 is 42.6 Å². The van der Waals surface area contributed by atoms with Gasteiger partial charge in [-0.3, -0.25) is 9.05 Å². The Balaban J connectivity index is 4.94. The van der Waals surface area contributed by atoms with Gasteiger partial charge in [0.15, 0.2) is 0 Å². The van der Waals surface area contributed by atoms with Crippen LogP contribution in [-0.4, -0.2) is 20.9 Å². The number of hydrogen-bond acceptors (Lipinski definition) is 3. The highest BCUT2D eigenvalue weighted by Crippen LogP contribution is 2.56. The second-order valence-electron chi connectivity index (χ2n) is 3.59. The molecule has 104 valence electrons. The van der Waals surface area contributed by atoms with Crippen molar-refractivity contribution in [2.45, 2.75) is 49.4 Å². The molecule has 0 aromatic heterocycles. The van der Waals surface area contributed by atoms with Crippen molar-refractivity contribution < 1.29 is 18.5 Å². The Morgan fingerprint density at radius 1 is 1.18 bits per heavy atom. The zero-order chi connectivity index (χ0) is 13.7. The molecule has 0 saturated carbocycles. The molecule has 0 rings (SSSR count). The topological polar surface area (TPSA) is 55.8 Å². The van der Waals surface area contributed by atoms with Crippen LogP contribution in [-0.2, 0) is 13.6 Å². The molecular formula is C9H18Cl3O4P. The number of hydrogen-bond donors (Lipinski definition) is 1. The predicted molar refractivity (Wildman–Crippen MR) is 70.8 cm³/mol. The van der Waals surface area contributed by atoms with E-state index in [4.69, 9.17) is 43.9 Å². The Morgan fingerprint density at radius 3 is 1.94 bits per heavy atom. The fourth-order valence-corrected chi connectivity index (χ4v) is 3.67. The van der Waals surface area contributed by atoms with E-state index < -0.39 is 17.2 Å². The van der Waals surface area contributed by atoms with Gasteiger partial charge in [-0.15, -0.1) is 0 Å². The van der Waals surface area contributed by atoms with E-state index in [9.17, 15) is 9.46 Å². The number of phosphoric acid groups is 1. The van der Waals surface area contributed by atoms with Crippen molar-refractivity contribution in [3.05, 3.63) is 0 Å². The van der Waals surface area contributed by atoms with Crippen molar-refractivity contribution in [1.29, 1.82) is 0 Å². The maximum absolute atomic E-state index is 11.7. The first-order valence-electron chi connectivity index (χ1n) is 5.39. The Kier molecular flexibility index (Phi) is 7.35. The summed E-state index contributed by atoms with van der Waals surface area (Å²) in [7, 11) is -4.21. The smallest absolute Gasteiger partial charge is 0.302 e. The minimum absolute atomic E-state index is 0.108. The molecule has 1 unspecified atom stereocenters. The Bertz CT molecular complexity index is 276. The summed E-state index contributed by atoms with van der Waals surface area (Å²) in [6.45, 7) is 5.34. The zero-order valence-corrected chi connectivity index (χ0v) is 13.2. The lowest BCUT2D eigenvalue weighted by atomic mass is 10.00. The van der Waals surface area contributed by atoms with E-state index in [0.29, 0.717) is 6.42 Å². The van der Waals surface area contributed by atoms with Crippen LogP contribution in [0.3, 0.4) is 0 Å². The number of phosphoric ester groups is 1. The molecule has 0 aromatic carbocycles. The van der Waals surface area contributed by atoms with Crippen molar-refractivity contribution in [1.82, 2.24) is 0 Å². The minimum atomic E-state index is -4.21. The van der Waals surface area contributed by atoms with Gasteiger partial charge in [-0.25, -0.2) is 4.57 Å². The quantitative estimate of drug-likeness (QED) is 0.554. The van der Waals surface area contributed by atoms with Gasteiger partial charge in [-0.1, -0.05) is 55.6 Å². The van der Waals surface area contributed by atoms with Gasteiger partial charge in [0.25, 0.3) is 0 Å². The van der Waals surface area contributed by atoms with Gasteiger partial charge >= 0.3 is 7.82 Å². The fourth-order valence-electron chi connectivity index (χ4n) is 1.29. The number of alkyl halides is 3. The van der Waals surface area contributed by atoms with E-state index in [1.165, 1.54) is 0 Å². The first-order chi connectivity index (χ1) is 7.64. The van der Waals surface area contributed by atoms with Crippen LogP contribution in [0.25, 0.3) is 0 Å². The molecule has 0 spiro atoms. The van der Waals surface area contributed by atoms with E-state index in [1.807, 2.05) is 6.92 Å². The van der Waals surface area contributed by atoms with Crippen LogP contribution in [0.4, 0.5) is 0 Å². The standard InChI is InChI=1S/C9H18Cl3O4P/c1-4-7-15-17(13,14)16-8(5-2,6-3)9(10,11)12/h4-7H2,1-3H3,(H,13,14). The van der Waals surface area contributed by atoms with Gasteiger partial charge in [0.2, 0.25) is 3.79 Å². The summed E-state index contributed by atoms with van der Waals surface area (Å²) in [4.78, 5) is 9.54. The largest absolute Gasteiger partial charge is 0.472 e. The third-order valence-electron chi connectivity index (χ3n) is 2.41. The normalized spacial score (nSPS) is 16.9. The molecule has 0 bridgehead atoms. The SMILES string of the molecule is CCCOP(=O)(O)OC(CC)(CC)C(Cl)(Cl)Cl. The Hall–Kier alpha value is 0.980. The summed E-state index contributed by atoms with van der Waals surface area (Å²) in [5.74, 6) is 0. The molecule has 0 saturated heterocycles. The molecule has 1 atom stereocenters. The molecule has 0 aliphatic heterocycles. The summed E-state index contributed by atoms with van der Waals surface area (Å²) in [5.41, 5.74) is -1.34. The zero-order valence-electron chi connectivity index (χ0n) is 10.1. The molecule has 0 radical (unpaired) electrons. The molecule has 17 heavy (non-hydrogen) atoms. The lowest BCUT2D eigenvalue weighted by molar-refractivity contribution is 0.0177. The van der Waals surface area contributed by atoms with E-state index in [-0.39, 0.29) is 19.4 Å². The molecule has 0 aliphatic carbocycles. The van der Waals surface area contributed by atoms with E-state index in [0.717, 1.165) is 0 Å². The molecule has 0 heterocycles. The summed E-state index contributed by atoms with van der Waals surface area (Å²) in [6.07, 6.45) is 1.15. The molecular weight excluding hydrogens is 309 g/mol. The van der Waals surface area contributed by atoms with Crippen molar-refractivity contribution in [2.24, 2.45) is 0 Å². The van der Waals surface area contributed by atoms with Gasteiger partial charge in [0.05, 0.1) is 6.61 Å². The van der Waals surface area contributed by atoms with Gasteiger partial charge in [0, 0.05) is 0 Å². The lowest BCUT2D eigenvalue weighted by Gasteiger charge is -2.38. The minimum Gasteiger partial charge on any atom is -0.302 e. The average Bonchev–Trinajstić information content (AvgIpc) is 2.21. The first-order valence-corrected chi connectivity index (χ1v) is 8.02. The van der Waals surface area contributed by atoms with Crippen molar-refractivity contribution in [2.75, 3.05) is 6.61 Å². The highest BCUT2D eigenvalue weighted by Gasteiger charge is 2.51. The average molecular weight is 328 g/mol. The van der Waals surface area contributed by atoms with Gasteiger partial charge in [0.1, 0.15) is 5.60 Å². The summed E-state index contributed by atoms with van der Waals surface area (Å²) in [5, 5.41) is 0. The third kappa shape index (κ3) is 5.23. The lowest BCUT2D eigenvalue weighted by Crippen LogP contribution is -2.43. The van der Waals surface area contributed by atoms with Crippen LogP contribution in [0.1, 0.15) is 40.0 Å². The summed E-state index contributed by atoms with van der Waals surface area (Å²) < 4.78 is 19.7. The van der Waals surface area contributed by atoms with Crippen LogP contribution < -0.4 is 0 Å². The summed E-state index contributed by atoms with van der Waals surface area (Å²) >= 11 is 17.4. The van der Waals surface area contributed by atoms with Gasteiger partial charge in [-0.05, 0) is 19.3 Å². The van der Waals surface area contributed by atoms with E-state index >= 15 is 0 Å². The molecule has 0 amide bonds. The highest BCUT2D eigenvalue weighted by atomic mass is 35.6. The van der Waals surface area contributed by atoms with Gasteiger partial charge in [-0.2, -0.15) is 0 Å². The van der Waals surface area contributed by atoms with Crippen LogP contribution in [0.2, 0.25) is 0 Å². The fraction of sp³-hybridized carbons (Fsp3) is 1.00. The predicted octanol–water partition coefficient (Wildman–Crippen LogP) is 4.46. The molecule has 0 aliphatic rings. The van der Waals surface area contributed by atoms with Crippen LogP contribution in [0.15, 0.2) is 0 Å². The monoisotopic (exact) mass is 326 g/mol. The van der Waals surface area contributed by atoms with Crippen LogP contribution in [0, 0.1) is 0 Å². The Morgan fingerprint density at radius 2 is 1.65 bits per heavy atom.